The maximum Gasteiger partial charge on any atom is 0.272 e. The summed E-state index contributed by atoms with van der Waals surface area (Å²) in [5.41, 5.74) is -1.06. The molecule has 0 aliphatic heterocycles. The molecule has 0 aliphatic rings. The fourth-order valence-electron chi connectivity index (χ4n) is 1.27. The second-order valence-electron chi connectivity index (χ2n) is 4.36. The van der Waals surface area contributed by atoms with Crippen molar-refractivity contribution in [3.05, 3.63) is 12.7 Å². The third kappa shape index (κ3) is 2.62. The van der Waals surface area contributed by atoms with Crippen LogP contribution < -0.4 is 5.32 Å². The van der Waals surface area contributed by atoms with Crippen LogP contribution in [-0.4, -0.2) is 29.2 Å². The molecule has 0 heterocycles. The first-order chi connectivity index (χ1) is 7.02. The lowest BCUT2D eigenvalue weighted by molar-refractivity contribution is -0.118. The maximum absolute atomic E-state index is 11.3. The number of amides is 1. The summed E-state index contributed by atoms with van der Waals surface area (Å²) in [6.07, 6.45) is 1.42. The van der Waals surface area contributed by atoms with Crippen molar-refractivity contribution in [1.29, 1.82) is 0 Å². The van der Waals surface area contributed by atoms with Crippen molar-refractivity contribution in [2.24, 2.45) is 0 Å². The third-order valence-corrected chi connectivity index (χ3v) is 5.01. The zero-order chi connectivity index (χ0) is 13.2. The number of hydrogen-bond acceptors (Lipinski definition) is 3. The minimum Gasteiger partial charge on any atom is -0.346 e. The van der Waals surface area contributed by atoms with Crippen LogP contribution in [0.4, 0.5) is 0 Å². The van der Waals surface area contributed by atoms with Gasteiger partial charge >= 0.3 is 0 Å². The Hall–Kier alpha value is -0.880. The van der Waals surface area contributed by atoms with Crippen LogP contribution in [0.15, 0.2) is 12.7 Å². The number of rotatable bonds is 5. The Morgan fingerprint density at radius 1 is 1.44 bits per heavy atom. The SMILES string of the molecule is C=CC(=O)NC(C)(CC)C(C)(C)S(=O)(=O)O. The molecule has 0 rings (SSSR count). The fourth-order valence-corrected chi connectivity index (χ4v) is 2.04. The highest BCUT2D eigenvalue weighted by Crippen LogP contribution is 2.32. The van der Waals surface area contributed by atoms with Crippen molar-refractivity contribution in [3.63, 3.8) is 0 Å². The second kappa shape index (κ2) is 4.55. The first kappa shape index (κ1) is 15.1. The Morgan fingerprint density at radius 3 is 2.12 bits per heavy atom. The Morgan fingerprint density at radius 2 is 1.88 bits per heavy atom. The zero-order valence-corrected chi connectivity index (χ0v) is 10.9. The smallest absolute Gasteiger partial charge is 0.272 e. The molecular formula is C10H19NO4S. The molecule has 0 aromatic carbocycles. The Labute approximate surface area is 96.7 Å². The lowest BCUT2D eigenvalue weighted by atomic mass is 9.85. The molecule has 0 spiro atoms. The predicted molar refractivity (Wildman–Crippen MR) is 62.7 cm³/mol. The zero-order valence-electron chi connectivity index (χ0n) is 10.1. The summed E-state index contributed by atoms with van der Waals surface area (Å²) in [6, 6.07) is 0. The average molecular weight is 249 g/mol. The van der Waals surface area contributed by atoms with E-state index in [1.165, 1.54) is 13.8 Å². The van der Waals surface area contributed by atoms with Gasteiger partial charge in [0.25, 0.3) is 10.1 Å². The van der Waals surface area contributed by atoms with Gasteiger partial charge in [-0.1, -0.05) is 13.5 Å². The molecule has 0 aromatic heterocycles. The quantitative estimate of drug-likeness (QED) is 0.565. The molecule has 1 amide bonds. The summed E-state index contributed by atoms with van der Waals surface area (Å²) in [5.74, 6) is -0.471. The summed E-state index contributed by atoms with van der Waals surface area (Å²) in [7, 11) is -4.27. The first-order valence-electron chi connectivity index (χ1n) is 4.93. The van der Waals surface area contributed by atoms with Gasteiger partial charge in [0.15, 0.2) is 0 Å². The van der Waals surface area contributed by atoms with Crippen LogP contribution in [0.1, 0.15) is 34.1 Å². The van der Waals surface area contributed by atoms with Gasteiger partial charge in [-0.2, -0.15) is 8.42 Å². The standard InChI is InChI=1S/C10H19NO4S/c1-6-8(12)11-10(5,7-2)9(3,4)16(13,14)15/h6H,1,7H2,2-5H3,(H,11,12)(H,13,14,15). The van der Waals surface area contributed by atoms with Gasteiger partial charge in [0.1, 0.15) is 4.75 Å². The van der Waals surface area contributed by atoms with Gasteiger partial charge in [-0.05, 0) is 33.3 Å². The van der Waals surface area contributed by atoms with Crippen LogP contribution in [0.2, 0.25) is 0 Å². The van der Waals surface area contributed by atoms with E-state index in [0.29, 0.717) is 6.42 Å². The van der Waals surface area contributed by atoms with Crippen molar-refractivity contribution >= 4 is 16.0 Å². The largest absolute Gasteiger partial charge is 0.346 e. The van der Waals surface area contributed by atoms with Gasteiger partial charge in [-0.15, -0.1) is 0 Å². The third-order valence-electron chi connectivity index (χ3n) is 3.27. The first-order valence-corrected chi connectivity index (χ1v) is 6.37. The molecule has 0 radical (unpaired) electrons. The topological polar surface area (TPSA) is 83.5 Å². The van der Waals surface area contributed by atoms with Gasteiger partial charge < -0.3 is 5.32 Å². The monoisotopic (exact) mass is 249 g/mol. The van der Waals surface area contributed by atoms with Crippen molar-refractivity contribution in [3.8, 4) is 0 Å². The highest BCUT2D eigenvalue weighted by molar-refractivity contribution is 7.87. The van der Waals surface area contributed by atoms with Crippen molar-refractivity contribution in [1.82, 2.24) is 5.32 Å². The van der Waals surface area contributed by atoms with Gasteiger partial charge in [0.2, 0.25) is 5.91 Å². The Kier molecular flexibility index (Phi) is 4.30. The molecule has 5 nitrogen and oxygen atoms in total. The number of carbonyl (C=O) groups excluding carboxylic acids is 1. The van der Waals surface area contributed by atoms with Crippen LogP contribution in [-0.2, 0) is 14.9 Å². The molecule has 0 saturated carbocycles. The van der Waals surface area contributed by atoms with E-state index >= 15 is 0 Å². The average Bonchev–Trinajstić information content (AvgIpc) is 2.15. The molecule has 0 aliphatic carbocycles. The molecule has 1 unspecified atom stereocenters. The normalized spacial score (nSPS) is 16.3. The second-order valence-corrected chi connectivity index (χ2v) is 6.34. The summed E-state index contributed by atoms with van der Waals surface area (Å²) in [4.78, 5) is 11.3. The molecule has 0 aromatic rings. The minimum atomic E-state index is -4.27. The van der Waals surface area contributed by atoms with Crippen LogP contribution in [0.25, 0.3) is 0 Å². The summed E-state index contributed by atoms with van der Waals surface area (Å²) >= 11 is 0. The number of carbonyl (C=O) groups is 1. The molecule has 6 heteroatoms. The van der Waals surface area contributed by atoms with Gasteiger partial charge in [-0.25, -0.2) is 0 Å². The van der Waals surface area contributed by atoms with E-state index < -0.39 is 26.3 Å². The lowest BCUT2D eigenvalue weighted by Gasteiger charge is -2.41. The summed E-state index contributed by atoms with van der Waals surface area (Å²) in [6.45, 7) is 9.34. The highest BCUT2D eigenvalue weighted by Gasteiger charge is 2.49. The van der Waals surface area contributed by atoms with Crippen molar-refractivity contribution in [2.75, 3.05) is 0 Å². The molecule has 0 saturated heterocycles. The molecule has 0 bridgehead atoms. The van der Waals surface area contributed by atoms with E-state index in [0.717, 1.165) is 6.08 Å². The van der Waals surface area contributed by atoms with Crippen LogP contribution in [0.5, 0.6) is 0 Å². The van der Waals surface area contributed by atoms with Crippen LogP contribution in [0.3, 0.4) is 0 Å². The fraction of sp³-hybridized carbons (Fsp3) is 0.700. The van der Waals surface area contributed by atoms with E-state index in [1.807, 2.05) is 0 Å². The van der Waals surface area contributed by atoms with Gasteiger partial charge in [0, 0.05) is 0 Å². The number of hydrogen-bond donors (Lipinski definition) is 2. The van der Waals surface area contributed by atoms with Crippen LogP contribution in [0, 0.1) is 0 Å². The maximum atomic E-state index is 11.3. The molecule has 94 valence electrons. The highest BCUT2D eigenvalue weighted by atomic mass is 32.2. The molecular weight excluding hydrogens is 230 g/mol. The van der Waals surface area contributed by atoms with Crippen LogP contribution >= 0.6 is 0 Å². The molecule has 0 fully saturated rings. The van der Waals surface area contributed by atoms with E-state index in [4.69, 9.17) is 0 Å². The predicted octanol–water partition coefficient (Wildman–Crippen LogP) is 1.12. The Bertz CT molecular complexity index is 386. The lowest BCUT2D eigenvalue weighted by Crippen LogP contribution is -2.62. The van der Waals surface area contributed by atoms with Crippen molar-refractivity contribution in [2.45, 2.75) is 44.4 Å². The van der Waals surface area contributed by atoms with E-state index in [9.17, 15) is 17.8 Å². The molecule has 2 N–H and O–H groups in total. The van der Waals surface area contributed by atoms with E-state index in [1.54, 1.807) is 13.8 Å². The van der Waals surface area contributed by atoms with Gasteiger partial charge in [-0.3, -0.25) is 9.35 Å². The summed E-state index contributed by atoms with van der Waals surface area (Å²) in [5, 5.41) is 2.54. The minimum absolute atomic E-state index is 0.360. The molecule has 16 heavy (non-hydrogen) atoms. The van der Waals surface area contributed by atoms with Crippen molar-refractivity contribution < 1.29 is 17.8 Å². The van der Waals surface area contributed by atoms with E-state index in [-0.39, 0.29) is 0 Å². The summed E-state index contributed by atoms with van der Waals surface area (Å²) < 4.78 is 30.3. The Balaban J connectivity index is 5.41. The van der Waals surface area contributed by atoms with E-state index in [2.05, 4.69) is 11.9 Å². The molecule has 1 atom stereocenters. The van der Waals surface area contributed by atoms with Gasteiger partial charge in [0.05, 0.1) is 5.54 Å². The number of nitrogens with one attached hydrogen (secondary N) is 1.